The maximum atomic E-state index is 9.00. The Morgan fingerprint density at radius 3 is 1.48 bits per heavy atom. The van der Waals surface area contributed by atoms with Crippen LogP contribution >= 0.6 is 0 Å². The third-order valence-electron chi connectivity index (χ3n) is 3.79. The summed E-state index contributed by atoms with van der Waals surface area (Å²) in [5.74, 6) is 0.747. The van der Waals surface area contributed by atoms with Crippen LogP contribution in [0.4, 0.5) is 0 Å². The molecule has 2 unspecified atom stereocenters. The Morgan fingerprint density at radius 1 is 0.905 bits per heavy atom. The van der Waals surface area contributed by atoms with Crippen molar-refractivity contribution in [3.63, 3.8) is 0 Å². The van der Waals surface area contributed by atoms with E-state index in [4.69, 9.17) is 14.6 Å². The number of rotatable bonds is 12. The van der Waals surface area contributed by atoms with Crippen LogP contribution in [0.15, 0.2) is 0 Å². The fraction of sp³-hybridized carbons (Fsp3) is 0.944. The zero-order valence-corrected chi connectivity index (χ0v) is 15.0. The zero-order chi connectivity index (χ0) is 16.5. The predicted octanol–water partition coefficient (Wildman–Crippen LogP) is 5.53. The van der Waals surface area contributed by atoms with Crippen molar-refractivity contribution < 1.29 is 14.6 Å². The molecule has 3 heteroatoms. The number of carboxylic acids is 1. The van der Waals surface area contributed by atoms with Crippen LogP contribution in [0.2, 0.25) is 0 Å². The fourth-order valence-electron chi connectivity index (χ4n) is 2.20. The van der Waals surface area contributed by atoms with Crippen molar-refractivity contribution in [2.45, 2.75) is 86.0 Å². The Bertz CT molecular complexity index is 197. The van der Waals surface area contributed by atoms with E-state index in [-0.39, 0.29) is 0 Å². The van der Waals surface area contributed by atoms with Crippen molar-refractivity contribution >= 4 is 5.97 Å². The van der Waals surface area contributed by atoms with Crippen molar-refractivity contribution in [2.24, 2.45) is 11.8 Å². The highest BCUT2D eigenvalue weighted by molar-refractivity contribution is 5.62. The smallest absolute Gasteiger partial charge is 0.300 e. The van der Waals surface area contributed by atoms with E-state index in [9.17, 15) is 0 Å². The van der Waals surface area contributed by atoms with Gasteiger partial charge in [-0.25, -0.2) is 0 Å². The largest absolute Gasteiger partial charge is 0.481 e. The fourth-order valence-corrected chi connectivity index (χ4v) is 2.20. The van der Waals surface area contributed by atoms with Crippen LogP contribution in [-0.2, 0) is 9.53 Å². The molecule has 0 fully saturated rings. The van der Waals surface area contributed by atoms with Gasteiger partial charge in [-0.15, -0.1) is 0 Å². The van der Waals surface area contributed by atoms with Gasteiger partial charge >= 0.3 is 0 Å². The van der Waals surface area contributed by atoms with Gasteiger partial charge in [0.05, 0.1) is 0 Å². The van der Waals surface area contributed by atoms with Gasteiger partial charge in [-0.2, -0.15) is 0 Å². The monoisotopic (exact) mass is 302 g/mol. The van der Waals surface area contributed by atoms with E-state index < -0.39 is 5.97 Å². The SMILES string of the molecule is CC(=O)O.CCCCC(CC)COCC(CC)CCCC. The third-order valence-corrected chi connectivity index (χ3v) is 3.79. The molecular formula is C18H38O3. The van der Waals surface area contributed by atoms with E-state index in [1.807, 2.05) is 0 Å². The molecule has 0 bridgehead atoms. The molecule has 21 heavy (non-hydrogen) atoms. The lowest BCUT2D eigenvalue weighted by Gasteiger charge is -2.18. The molecule has 0 amide bonds. The van der Waals surface area contributed by atoms with E-state index in [2.05, 4.69) is 27.7 Å². The van der Waals surface area contributed by atoms with Gasteiger partial charge in [-0.3, -0.25) is 4.79 Å². The summed E-state index contributed by atoms with van der Waals surface area (Å²) in [5, 5.41) is 7.42. The van der Waals surface area contributed by atoms with Crippen LogP contribution in [0, 0.1) is 11.8 Å². The molecule has 0 aromatic rings. The molecule has 0 aliphatic heterocycles. The van der Waals surface area contributed by atoms with Crippen LogP contribution in [-0.4, -0.2) is 24.3 Å². The lowest BCUT2D eigenvalue weighted by atomic mass is 9.99. The van der Waals surface area contributed by atoms with E-state index in [0.717, 1.165) is 32.0 Å². The summed E-state index contributed by atoms with van der Waals surface area (Å²) in [5.41, 5.74) is 0. The maximum Gasteiger partial charge on any atom is 0.300 e. The zero-order valence-electron chi connectivity index (χ0n) is 15.0. The Morgan fingerprint density at radius 2 is 1.24 bits per heavy atom. The molecule has 0 saturated heterocycles. The molecule has 0 aromatic carbocycles. The molecule has 0 aliphatic rings. The summed E-state index contributed by atoms with van der Waals surface area (Å²) in [6, 6.07) is 0. The molecule has 0 spiro atoms. The van der Waals surface area contributed by atoms with Crippen molar-refractivity contribution in [2.75, 3.05) is 13.2 Å². The minimum atomic E-state index is -0.833. The van der Waals surface area contributed by atoms with Gasteiger partial charge in [0, 0.05) is 20.1 Å². The summed E-state index contributed by atoms with van der Waals surface area (Å²) in [4.78, 5) is 9.00. The number of carboxylic acid groups (broad SMARTS) is 1. The van der Waals surface area contributed by atoms with Crippen LogP contribution in [0.3, 0.4) is 0 Å². The van der Waals surface area contributed by atoms with Gasteiger partial charge < -0.3 is 9.84 Å². The molecule has 128 valence electrons. The average molecular weight is 302 g/mol. The van der Waals surface area contributed by atoms with Gasteiger partial charge in [-0.1, -0.05) is 66.2 Å². The van der Waals surface area contributed by atoms with E-state index in [1.54, 1.807) is 0 Å². The van der Waals surface area contributed by atoms with Crippen molar-refractivity contribution in [3.05, 3.63) is 0 Å². The Kier molecular flexibility index (Phi) is 18.9. The first-order valence-corrected chi connectivity index (χ1v) is 8.78. The van der Waals surface area contributed by atoms with Gasteiger partial charge in [0.2, 0.25) is 0 Å². The topological polar surface area (TPSA) is 46.5 Å². The molecule has 0 rings (SSSR count). The second-order valence-electron chi connectivity index (χ2n) is 5.89. The van der Waals surface area contributed by atoms with Gasteiger partial charge in [-0.05, 0) is 24.7 Å². The molecule has 0 aliphatic carbocycles. The Hall–Kier alpha value is -0.570. The van der Waals surface area contributed by atoms with Gasteiger partial charge in [0.25, 0.3) is 5.97 Å². The number of carbonyl (C=O) groups is 1. The summed E-state index contributed by atoms with van der Waals surface area (Å²) >= 11 is 0. The summed E-state index contributed by atoms with van der Waals surface area (Å²) in [7, 11) is 0. The molecule has 0 heterocycles. The quantitative estimate of drug-likeness (QED) is 0.516. The molecule has 0 saturated carbocycles. The lowest BCUT2D eigenvalue weighted by Crippen LogP contribution is -2.14. The number of hydrogen-bond donors (Lipinski definition) is 1. The molecule has 3 nitrogen and oxygen atoms in total. The van der Waals surface area contributed by atoms with E-state index in [0.29, 0.717) is 0 Å². The van der Waals surface area contributed by atoms with Crippen LogP contribution in [0.25, 0.3) is 0 Å². The summed E-state index contributed by atoms with van der Waals surface area (Å²) in [6.45, 7) is 12.2. The maximum absolute atomic E-state index is 9.00. The highest BCUT2D eigenvalue weighted by atomic mass is 16.5. The summed E-state index contributed by atoms with van der Waals surface area (Å²) < 4.78 is 5.93. The first-order chi connectivity index (χ1) is 10.0. The van der Waals surface area contributed by atoms with Crippen LogP contribution in [0.1, 0.15) is 86.0 Å². The van der Waals surface area contributed by atoms with Gasteiger partial charge in [0.15, 0.2) is 0 Å². The normalized spacial score (nSPS) is 13.2. The summed E-state index contributed by atoms with van der Waals surface area (Å²) in [6.07, 6.45) is 10.6. The van der Waals surface area contributed by atoms with E-state index in [1.165, 1.54) is 51.4 Å². The third kappa shape index (κ3) is 19.4. The van der Waals surface area contributed by atoms with Crippen LogP contribution < -0.4 is 0 Å². The standard InChI is InChI=1S/C16H34O.C2H4O2/c1-5-9-11-15(7-3)13-17-14-16(8-4)12-10-6-2;1-2(3)4/h15-16H,5-14H2,1-4H3;1H3,(H,3,4). The number of aliphatic carboxylic acids is 1. The molecule has 0 aromatic heterocycles. The van der Waals surface area contributed by atoms with Crippen LogP contribution in [0.5, 0.6) is 0 Å². The minimum absolute atomic E-state index is 0.790. The number of unbranched alkanes of at least 4 members (excludes halogenated alkanes) is 2. The molecule has 1 N–H and O–H groups in total. The Balaban J connectivity index is 0. The highest BCUT2D eigenvalue weighted by Gasteiger charge is 2.09. The Labute approximate surface area is 132 Å². The second-order valence-corrected chi connectivity index (χ2v) is 5.89. The van der Waals surface area contributed by atoms with Crippen molar-refractivity contribution in [3.8, 4) is 0 Å². The van der Waals surface area contributed by atoms with Gasteiger partial charge in [0.1, 0.15) is 0 Å². The minimum Gasteiger partial charge on any atom is -0.481 e. The first kappa shape index (κ1) is 22.7. The molecular weight excluding hydrogens is 264 g/mol. The van der Waals surface area contributed by atoms with E-state index >= 15 is 0 Å². The average Bonchev–Trinajstić information content (AvgIpc) is 2.45. The van der Waals surface area contributed by atoms with Crippen molar-refractivity contribution in [1.82, 2.24) is 0 Å². The highest BCUT2D eigenvalue weighted by Crippen LogP contribution is 2.16. The number of hydrogen-bond acceptors (Lipinski definition) is 2. The lowest BCUT2D eigenvalue weighted by molar-refractivity contribution is -0.134. The molecule has 0 radical (unpaired) electrons. The second kappa shape index (κ2) is 17.5. The van der Waals surface area contributed by atoms with Crippen molar-refractivity contribution in [1.29, 1.82) is 0 Å². The predicted molar refractivity (Wildman–Crippen MR) is 90.7 cm³/mol. The first-order valence-electron chi connectivity index (χ1n) is 8.78. The molecule has 2 atom stereocenters. The number of ether oxygens (including phenoxy) is 1.